The number of hydrogen-bond acceptors (Lipinski definition) is 3. The lowest BCUT2D eigenvalue weighted by Gasteiger charge is -2.29. The summed E-state index contributed by atoms with van der Waals surface area (Å²) in [6.07, 6.45) is 5.52. The van der Waals surface area contributed by atoms with Gasteiger partial charge in [-0.2, -0.15) is 0 Å². The number of benzene rings is 2. The van der Waals surface area contributed by atoms with Crippen molar-refractivity contribution in [2.75, 3.05) is 6.61 Å². The van der Waals surface area contributed by atoms with Gasteiger partial charge < -0.3 is 9.30 Å². The van der Waals surface area contributed by atoms with Crippen LogP contribution in [0.1, 0.15) is 11.1 Å². The maximum absolute atomic E-state index is 14.2. The second kappa shape index (κ2) is 7.07. The zero-order chi connectivity index (χ0) is 17.1. The largest absolute Gasteiger partial charge is 0.492 e. The smallest absolute Gasteiger partial charge is 0.127 e. The summed E-state index contributed by atoms with van der Waals surface area (Å²) in [6, 6.07) is 15.2. The summed E-state index contributed by atoms with van der Waals surface area (Å²) in [5, 5.41) is 0. The van der Waals surface area contributed by atoms with Gasteiger partial charge in [0.1, 0.15) is 18.2 Å². The lowest BCUT2D eigenvalue weighted by molar-refractivity contribution is 0.122. The van der Waals surface area contributed by atoms with Crippen molar-refractivity contribution < 1.29 is 9.13 Å². The van der Waals surface area contributed by atoms with Crippen LogP contribution in [0.2, 0.25) is 0 Å². The van der Waals surface area contributed by atoms with Crippen molar-refractivity contribution in [3.63, 3.8) is 0 Å². The number of halogens is 1. The van der Waals surface area contributed by atoms with E-state index in [0.717, 1.165) is 24.4 Å². The van der Waals surface area contributed by atoms with Crippen molar-refractivity contribution in [1.29, 1.82) is 0 Å². The maximum atomic E-state index is 14.2. The molecule has 1 unspecified atom stereocenters. The fourth-order valence-electron chi connectivity index (χ4n) is 3.25. The van der Waals surface area contributed by atoms with Crippen LogP contribution in [0.25, 0.3) is 0 Å². The van der Waals surface area contributed by atoms with E-state index in [4.69, 9.17) is 4.74 Å². The Kier molecular flexibility index (Phi) is 4.48. The summed E-state index contributed by atoms with van der Waals surface area (Å²) in [4.78, 5) is 6.40. The van der Waals surface area contributed by atoms with E-state index in [0.29, 0.717) is 18.7 Å². The summed E-state index contributed by atoms with van der Waals surface area (Å²) >= 11 is 0. The van der Waals surface area contributed by atoms with Gasteiger partial charge in [-0.25, -0.2) is 9.37 Å². The van der Waals surface area contributed by atoms with Gasteiger partial charge in [-0.05, 0) is 12.1 Å². The molecule has 0 saturated heterocycles. The number of para-hydroxylation sites is 1. The monoisotopic (exact) mass is 337 g/mol. The van der Waals surface area contributed by atoms with Crippen molar-refractivity contribution in [1.82, 2.24) is 14.5 Å². The molecule has 0 radical (unpaired) electrons. The van der Waals surface area contributed by atoms with Gasteiger partial charge in [0.05, 0.1) is 12.4 Å². The number of fused-ring (bicyclic) bond motifs is 1. The van der Waals surface area contributed by atoms with Gasteiger partial charge in [-0.15, -0.1) is 0 Å². The molecule has 0 aliphatic carbocycles. The van der Waals surface area contributed by atoms with E-state index in [1.165, 1.54) is 6.07 Å². The molecule has 1 atom stereocenters. The van der Waals surface area contributed by atoms with Gasteiger partial charge in [0, 0.05) is 43.2 Å². The molecule has 0 fully saturated rings. The molecule has 3 aromatic rings. The fraction of sp³-hybridized carbons (Fsp3) is 0.250. The predicted molar refractivity (Wildman–Crippen MR) is 93.6 cm³/mol. The Balaban J connectivity index is 1.63. The van der Waals surface area contributed by atoms with E-state index >= 15 is 0 Å². The van der Waals surface area contributed by atoms with Crippen LogP contribution in [0.4, 0.5) is 4.39 Å². The quantitative estimate of drug-likeness (QED) is 0.730. The molecule has 0 N–H and O–H groups in total. The highest BCUT2D eigenvalue weighted by molar-refractivity contribution is 5.34. The van der Waals surface area contributed by atoms with Crippen LogP contribution in [0, 0.1) is 5.82 Å². The first kappa shape index (κ1) is 15.8. The lowest BCUT2D eigenvalue weighted by atomic mass is 10.1. The standard InChI is InChI=1S/C20H20FN3O/c21-19-7-3-1-5-16(19)11-24-12-17-6-2-4-8-20(17)25-14-18(24)13-23-10-9-22-15-23/h1-10,15,18H,11-14H2. The van der Waals surface area contributed by atoms with Gasteiger partial charge in [-0.1, -0.05) is 36.4 Å². The summed E-state index contributed by atoms with van der Waals surface area (Å²) in [5.41, 5.74) is 1.84. The molecule has 1 aliphatic rings. The van der Waals surface area contributed by atoms with Gasteiger partial charge in [0.2, 0.25) is 0 Å². The van der Waals surface area contributed by atoms with Crippen LogP contribution in [0.15, 0.2) is 67.3 Å². The lowest BCUT2D eigenvalue weighted by Crippen LogP contribution is -2.40. The summed E-state index contributed by atoms with van der Waals surface area (Å²) < 4.78 is 22.3. The Morgan fingerprint density at radius 3 is 2.80 bits per heavy atom. The molecule has 25 heavy (non-hydrogen) atoms. The highest BCUT2D eigenvalue weighted by Gasteiger charge is 2.25. The molecule has 0 amide bonds. The molecule has 1 aromatic heterocycles. The molecule has 0 saturated carbocycles. The Hall–Kier alpha value is -2.66. The average molecular weight is 337 g/mol. The second-order valence-corrected chi connectivity index (χ2v) is 6.33. The van der Waals surface area contributed by atoms with Gasteiger partial charge in [0.25, 0.3) is 0 Å². The van der Waals surface area contributed by atoms with Crippen molar-refractivity contribution >= 4 is 0 Å². The van der Waals surface area contributed by atoms with Crippen molar-refractivity contribution in [3.8, 4) is 5.75 Å². The SMILES string of the molecule is Fc1ccccc1CN1Cc2ccccc2OCC1Cn1ccnc1. The highest BCUT2D eigenvalue weighted by Crippen LogP contribution is 2.27. The van der Waals surface area contributed by atoms with Crippen LogP contribution >= 0.6 is 0 Å². The van der Waals surface area contributed by atoms with Crippen LogP contribution < -0.4 is 4.74 Å². The first-order valence-electron chi connectivity index (χ1n) is 8.43. The number of nitrogens with zero attached hydrogens (tertiary/aromatic N) is 3. The number of imidazole rings is 1. The number of rotatable bonds is 4. The molecule has 128 valence electrons. The third-order valence-electron chi connectivity index (χ3n) is 4.61. The van der Waals surface area contributed by atoms with E-state index in [9.17, 15) is 4.39 Å². The summed E-state index contributed by atoms with van der Waals surface area (Å²) in [5.74, 6) is 0.747. The molecule has 4 nitrogen and oxygen atoms in total. The molecule has 5 heteroatoms. The van der Waals surface area contributed by atoms with Crippen LogP contribution in [0.3, 0.4) is 0 Å². The molecular formula is C20H20FN3O. The van der Waals surface area contributed by atoms with E-state index in [1.54, 1.807) is 18.6 Å². The van der Waals surface area contributed by atoms with Crippen LogP contribution in [-0.2, 0) is 19.6 Å². The van der Waals surface area contributed by atoms with Crippen molar-refractivity contribution in [2.24, 2.45) is 0 Å². The summed E-state index contributed by atoms with van der Waals surface area (Å²) in [7, 11) is 0. The Bertz CT molecular complexity index is 834. The van der Waals surface area contributed by atoms with Gasteiger partial charge in [-0.3, -0.25) is 4.90 Å². The molecule has 1 aliphatic heterocycles. The molecular weight excluding hydrogens is 317 g/mol. The van der Waals surface area contributed by atoms with Crippen LogP contribution in [-0.4, -0.2) is 27.1 Å². The first-order valence-corrected chi connectivity index (χ1v) is 8.43. The summed E-state index contributed by atoms with van der Waals surface area (Å²) in [6.45, 7) is 2.58. The van der Waals surface area contributed by atoms with Crippen molar-refractivity contribution in [3.05, 3.63) is 84.2 Å². The van der Waals surface area contributed by atoms with Crippen molar-refractivity contribution in [2.45, 2.75) is 25.7 Å². The first-order chi connectivity index (χ1) is 12.3. The predicted octanol–water partition coefficient (Wildman–Crippen LogP) is 3.49. The molecule has 0 spiro atoms. The van der Waals surface area contributed by atoms with E-state index in [-0.39, 0.29) is 11.9 Å². The third-order valence-corrected chi connectivity index (χ3v) is 4.61. The average Bonchev–Trinajstić information content (AvgIpc) is 3.07. The fourth-order valence-corrected chi connectivity index (χ4v) is 3.25. The minimum Gasteiger partial charge on any atom is -0.492 e. The maximum Gasteiger partial charge on any atom is 0.127 e. The molecule has 0 bridgehead atoms. The Morgan fingerprint density at radius 1 is 1.12 bits per heavy atom. The number of hydrogen-bond donors (Lipinski definition) is 0. The van der Waals surface area contributed by atoms with Crippen LogP contribution in [0.5, 0.6) is 5.75 Å². The molecule has 2 aromatic carbocycles. The highest BCUT2D eigenvalue weighted by atomic mass is 19.1. The van der Waals surface area contributed by atoms with E-state index in [1.807, 2.05) is 41.1 Å². The third kappa shape index (κ3) is 3.56. The molecule has 4 rings (SSSR count). The minimum atomic E-state index is -0.165. The van der Waals surface area contributed by atoms with Gasteiger partial charge >= 0.3 is 0 Å². The zero-order valence-corrected chi connectivity index (χ0v) is 13.9. The molecule has 2 heterocycles. The van der Waals surface area contributed by atoms with Gasteiger partial charge in [0.15, 0.2) is 0 Å². The Labute approximate surface area is 146 Å². The van der Waals surface area contributed by atoms with E-state index in [2.05, 4.69) is 16.0 Å². The topological polar surface area (TPSA) is 30.3 Å². The Morgan fingerprint density at radius 2 is 1.96 bits per heavy atom. The van der Waals surface area contributed by atoms with E-state index < -0.39 is 0 Å². The number of aromatic nitrogens is 2. The number of ether oxygens (including phenoxy) is 1. The normalized spacial score (nSPS) is 17.6. The minimum absolute atomic E-state index is 0.126. The zero-order valence-electron chi connectivity index (χ0n) is 13.9. The second-order valence-electron chi connectivity index (χ2n) is 6.33.